The predicted molar refractivity (Wildman–Crippen MR) is 67.7 cm³/mol. The van der Waals surface area contributed by atoms with Gasteiger partial charge in [-0.25, -0.2) is 0 Å². The zero-order valence-electron chi connectivity index (χ0n) is 9.55. The fraction of sp³-hybridized carbons (Fsp3) is 0.417. The first-order chi connectivity index (χ1) is 7.66. The smallest absolute Gasteiger partial charge is 0.251 e. The van der Waals surface area contributed by atoms with E-state index in [1.807, 2.05) is 32.0 Å². The molecule has 0 aliphatic rings. The minimum Gasteiger partial charge on any atom is -0.380 e. The molecular weight excluding hydrogens is 270 g/mol. The molecule has 1 rings (SSSR count). The molecule has 0 saturated heterocycles. The molecule has 88 valence electrons. The number of halogens is 1. The number of rotatable bonds is 5. The highest BCUT2D eigenvalue weighted by Crippen LogP contribution is 2.19. The van der Waals surface area contributed by atoms with Crippen molar-refractivity contribution in [2.24, 2.45) is 0 Å². The fourth-order valence-corrected chi connectivity index (χ4v) is 1.70. The highest BCUT2D eigenvalue weighted by molar-refractivity contribution is 9.10. The summed E-state index contributed by atoms with van der Waals surface area (Å²) in [5.74, 6) is -0.0569. The summed E-state index contributed by atoms with van der Waals surface area (Å²) >= 11 is 3.40. The van der Waals surface area contributed by atoms with Crippen LogP contribution in [0.5, 0.6) is 0 Å². The zero-order valence-corrected chi connectivity index (χ0v) is 11.1. The van der Waals surface area contributed by atoms with Crippen LogP contribution in [0.15, 0.2) is 22.7 Å². The normalized spacial score (nSPS) is 10.2. The van der Waals surface area contributed by atoms with Crippen LogP contribution in [0.3, 0.4) is 0 Å². The summed E-state index contributed by atoms with van der Waals surface area (Å²) in [6.45, 7) is 5.61. The van der Waals surface area contributed by atoms with E-state index in [-0.39, 0.29) is 5.91 Å². The van der Waals surface area contributed by atoms with Gasteiger partial charge in [0.1, 0.15) is 0 Å². The van der Waals surface area contributed by atoms with Crippen LogP contribution in [0, 0.1) is 6.92 Å². The van der Waals surface area contributed by atoms with Gasteiger partial charge in [-0.3, -0.25) is 4.79 Å². The monoisotopic (exact) mass is 285 g/mol. The van der Waals surface area contributed by atoms with E-state index in [0.717, 1.165) is 10.0 Å². The fourth-order valence-electron chi connectivity index (χ4n) is 1.33. The van der Waals surface area contributed by atoms with Gasteiger partial charge in [-0.05, 0) is 31.5 Å². The van der Waals surface area contributed by atoms with Crippen LogP contribution in [-0.2, 0) is 4.74 Å². The lowest BCUT2D eigenvalue weighted by Crippen LogP contribution is -2.27. The van der Waals surface area contributed by atoms with E-state index >= 15 is 0 Å². The number of amides is 1. The van der Waals surface area contributed by atoms with E-state index in [1.54, 1.807) is 0 Å². The van der Waals surface area contributed by atoms with Gasteiger partial charge in [-0.1, -0.05) is 22.0 Å². The summed E-state index contributed by atoms with van der Waals surface area (Å²) in [4.78, 5) is 11.8. The minimum atomic E-state index is -0.0569. The summed E-state index contributed by atoms with van der Waals surface area (Å²) in [5.41, 5.74) is 1.65. The molecule has 0 spiro atoms. The topological polar surface area (TPSA) is 38.3 Å². The highest BCUT2D eigenvalue weighted by atomic mass is 79.9. The summed E-state index contributed by atoms with van der Waals surface area (Å²) in [5, 5.41) is 2.82. The van der Waals surface area contributed by atoms with Gasteiger partial charge in [-0.2, -0.15) is 0 Å². The van der Waals surface area contributed by atoms with Gasteiger partial charge in [0, 0.05) is 23.2 Å². The van der Waals surface area contributed by atoms with Crippen LogP contribution in [-0.4, -0.2) is 25.7 Å². The summed E-state index contributed by atoms with van der Waals surface area (Å²) in [7, 11) is 0. The molecule has 1 amide bonds. The number of hydrogen-bond acceptors (Lipinski definition) is 2. The molecule has 0 aliphatic carbocycles. The summed E-state index contributed by atoms with van der Waals surface area (Å²) < 4.78 is 6.10. The molecule has 0 aliphatic heterocycles. The minimum absolute atomic E-state index is 0.0569. The summed E-state index contributed by atoms with van der Waals surface area (Å²) in [6, 6.07) is 5.59. The number of nitrogens with one attached hydrogen (secondary N) is 1. The van der Waals surface area contributed by atoms with Crippen molar-refractivity contribution in [3.63, 3.8) is 0 Å². The van der Waals surface area contributed by atoms with Crippen LogP contribution < -0.4 is 5.32 Å². The number of carbonyl (C=O) groups is 1. The van der Waals surface area contributed by atoms with E-state index in [1.165, 1.54) is 0 Å². The quantitative estimate of drug-likeness (QED) is 0.845. The molecule has 0 bridgehead atoms. The second kappa shape index (κ2) is 6.66. The lowest BCUT2D eigenvalue weighted by Gasteiger charge is -2.08. The van der Waals surface area contributed by atoms with Crippen molar-refractivity contribution < 1.29 is 9.53 Å². The van der Waals surface area contributed by atoms with Crippen molar-refractivity contribution in [2.75, 3.05) is 19.8 Å². The Balaban J connectivity index is 2.56. The number of carbonyl (C=O) groups excluding carboxylic acids is 1. The van der Waals surface area contributed by atoms with E-state index in [4.69, 9.17) is 4.74 Å². The largest absolute Gasteiger partial charge is 0.380 e. The molecule has 1 aromatic carbocycles. The molecule has 3 nitrogen and oxygen atoms in total. The third-order valence-electron chi connectivity index (χ3n) is 2.25. The SMILES string of the molecule is CCOCCNC(=O)c1cccc(Br)c1C. The van der Waals surface area contributed by atoms with Crippen LogP contribution in [0.2, 0.25) is 0 Å². The van der Waals surface area contributed by atoms with Gasteiger partial charge in [0.15, 0.2) is 0 Å². The average molecular weight is 286 g/mol. The Bertz CT molecular complexity index is 366. The van der Waals surface area contributed by atoms with Crippen molar-refractivity contribution >= 4 is 21.8 Å². The molecule has 0 fully saturated rings. The Morgan fingerprint density at radius 2 is 2.25 bits per heavy atom. The standard InChI is InChI=1S/C12H16BrNO2/c1-3-16-8-7-14-12(15)10-5-4-6-11(13)9(10)2/h4-6H,3,7-8H2,1-2H3,(H,14,15). The Labute approximate surface area is 104 Å². The number of ether oxygens (including phenoxy) is 1. The highest BCUT2D eigenvalue weighted by Gasteiger charge is 2.09. The first-order valence-electron chi connectivity index (χ1n) is 5.28. The molecule has 16 heavy (non-hydrogen) atoms. The van der Waals surface area contributed by atoms with Crippen LogP contribution in [0.25, 0.3) is 0 Å². The molecule has 0 saturated carbocycles. The molecule has 0 radical (unpaired) electrons. The van der Waals surface area contributed by atoms with Gasteiger partial charge in [0.25, 0.3) is 5.91 Å². The Morgan fingerprint density at radius 1 is 1.50 bits per heavy atom. The number of hydrogen-bond donors (Lipinski definition) is 1. The lowest BCUT2D eigenvalue weighted by molar-refractivity contribution is 0.0922. The van der Waals surface area contributed by atoms with Gasteiger partial charge >= 0.3 is 0 Å². The third-order valence-corrected chi connectivity index (χ3v) is 3.11. The predicted octanol–water partition coefficient (Wildman–Crippen LogP) is 2.52. The maximum absolute atomic E-state index is 11.8. The Hall–Kier alpha value is -0.870. The van der Waals surface area contributed by atoms with Crippen molar-refractivity contribution in [1.82, 2.24) is 5.32 Å². The van der Waals surface area contributed by atoms with Gasteiger partial charge in [0.2, 0.25) is 0 Å². The molecule has 1 aromatic rings. The number of benzene rings is 1. The summed E-state index contributed by atoms with van der Waals surface area (Å²) in [6.07, 6.45) is 0. The van der Waals surface area contributed by atoms with Crippen molar-refractivity contribution in [3.8, 4) is 0 Å². The van der Waals surface area contributed by atoms with Crippen molar-refractivity contribution in [2.45, 2.75) is 13.8 Å². The van der Waals surface area contributed by atoms with Gasteiger partial charge in [0.05, 0.1) is 6.61 Å². The second-order valence-corrected chi connectivity index (χ2v) is 4.22. The van der Waals surface area contributed by atoms with E-state index in [0.29, 0.717) is 25.3 Å². The van der Waals surface area contributed by atoms with Crippen LogP contribution >= 0.6 is 15.9 Å². The third kappa shape index (κ3) is 3.61. The first-order valence-corrected chi connectivity index (χ1v) is 6.07. The Kier molecular flexibility index (Phi) is 5.49. The van der Waals surface area contributed by atoms with E-state index < -0.39 is 0 Å². The Morgan fingerprint density at radius 3 is 2.94 bits per heavy atom. The molecule has 0 atom stereocenters. The molecular formula is C12H16BrNO2. The van der Waals surface area contributed by atoms with E-state index in [2.05, 4.69) is 21.2 Å². The van der Waals surface area contributed by atoms with Gasteiger partial charge < -0.3 is 10.1 Å². The van der Waals surface area contributed by atoms with Crippen LogP contribution in [0.4, 0.5) is 0 Å². The molecule has 4 heteroatoms. The van der Waals surface area contributed by atoms with Crippen molar-refractivity contribution in [3.05, 3.63) is 33.8 Å². The molecule has 0 unspecified atom stereocenters. The first kappa shape index (κ1) is 13.2. The maximum Gasteiger partial charge on any atom is 0.251 e. The van der Waals surface area contributed by atoms with E-state index in [9.17, 15) is 4.79 Å². The second-order valence-electron chi connectivity index (χ2n) is 3.37. The molecule has 1 N–H and O–H groups in total. The molecule has 0 heterocycles. The van der Waals surface area contributed by atoms with Crippen molar-refractivity contribution in [1.29, 1.82) is 0 Å². The van der Waals surface area contributed by atoms with Gasteiger partial charge in [-0.15, -0.1) is 0 Å². The lowest BCUT2D eigenvalue weighted by atomic mass is 10.1. The average Bonchev–Trinajstić information content (AvgIpc) is 2.28. The van der Waals surface area contributed by atoms with Crippen LogP contribution in [0.1, 0.15) is 22.8 Å². The maximum atomic E-state index is 11.8. The zero-order chi connectivity index (χ0) is 12.0. The molecule has 0 aromatic heterocycles.